The number of benzene rings is 1. The Bertz CT molecular complexity index is 1130. The van der Waals surface area contributed by atoms with Crippen LogP contribution in [-0.4, -0.2) is 53.2 Å². The first-order valence-corrected chi connectivity index (χ1v) is 12.7. The summed E-state index contributed by atoms with van der Waals surface area (Å²) in [6.45, 7) is 7.58. The van der Waals surface area contributed by atoms with Gasteiger partial charge in [0.2, 0.25) is 23.6 Å². The van der Waals surface area contributed by atoms with Gasteiger partial charge >= 0.3 is 0 Å². The number of carbonyl (C=O) groups is 4. The quantitative estimate of drug-likeness (QED) is 0.552. The lowest BCUT2D eigenvalue weighted by atomic mass is 9.79. The normalized spacial score (nSPS) is 29.2. The number of fused-ring (bicyclic) bond motifs is 2. The van der Waals surface area contributed by atoms with Gasteiger partial charge in [-0.15, -0.1) is 0 Å². The van der Waals surface area contributed by atoms with Gasteiger partial charge in [-0.1, -0.05) is 32.9 Å². The number of carbonyl (C=O) groups excluding carboxylic acids is 4. The molecule has 3 N–H and O–H groups in total. The fourth-order valence-corrected chi connectivity index (χ4v) is 5.53. The highest BCUT2D eigenvalue weighted by Gasteiger charge is 2.56. The molecule has 1 fully saturated rings. The predicted molar refractivity (Wildman–Crippen MR) is 134 cm³/mol. The topological polar surface area (TPSA) is 131 Å². The molecule has 192 valence electrons. The minimum absolute atomic E-state index is 0.0785. The molecule has 9 nitrogen and oxygen atoms in total. The maximum atomic E-state index is 13.9. The highest BCUT2D eigenvalue weighted by atomic mass is 16.2. The van der Waals surface area contributed by atoms with Crippen LogP contribution in [0.15, 0.2) is 18.2 Å². The number of aryl methyl sites for hydroxylation is 1. The minimum atomic E-state index is -1.00. The molecule has 4 rings (SSSR count). The first-order valence-electron chi connectivity index (χ1n) is 12.7. The minimum Gasteiger partial charge on any atom is -0.345 e. The van der Waals surface area contributed by atoms with Crippen molar-refractivity contribution < 1.29 is 19.2 Å². The SMILES string of the molecule is C[C@@H]1NC(=O)CCCCc2ccc3c(c2)[C@@]2(C[C@@H](C#N)N(C2)C(=O)[C@H](CC(C)(C)C)NC1=O)C(=O)N3. The second-order valence-electron chi connectivity index (χ2n) is 11.6. The van der Waals surface area contributed by atoms with Crippen LogP contribution in [0.25, 0.3) is 0 Å². The largest absolute Gasteiger partial charge is 0.345 e. The van der Waals surface area contributed by atoms with Crippen LogP contribution in [0.3, 0.4) is 0 Å². The van der Waals surface area contributed by atoms with Gasteiger partial charge in [-0.25, -0.2) is 0 Å². The molecule has 36 heavy (non-hydrogen) atoms. The van der Waals surface area contributed by atoms with Gasteiger partial charge < -0.3 is 20.9 Å². The van der Waals surface area contributed by atoms with Crippen molar-refractivity contribution in [3.8, 4) is 6.07 Å². The summed E-state index contributed by atoms with van der Waals surface area (Å²) in [7, 11) is 0. The zero-order valence-corrected chi connectivity index (χ0v) is 21.4. The fraction of sp³-hybridized carbons (Fsp3) is 0.593. The zero-order chi connectivity index (χ0) is 26.3. The third-order valence-corrected chi connectivity index (χ3v) is 7.39. The molecule has 1 spiro atoms. The van der Waals surface area contributed by atoms with E-state index in [-0.39, 0.29) is 36.1 Å². The number of amides is 4. The second kappa shape index (κ2) is 9.57. The summed E-state index contributed by atoms with van der Waals surface area (Å²) in [5.74, 6) is -1.26. The van der Waals surface area contributed by atoms with Crippen molar-refractivity contribution in [1.82, 2.24) is 15.5 Å². The van der Waals surface area contributed by atoms with Crippen LogP contribution in [0.2, 0.25) is 0 Å². The van der Waals surface area contributed by atoms with Crippen molar-refractivity contribution >= 4 is 29.3 Å². The van der Waals surface area contributed by atoms with Crippen molar-refractivity contribution in [1.29, 1.82) is 5.26 Å². The number of hydrogen-bond acceptors (Lipinski definition) is 5. The predicted octanol–water partition coefficient (Wildman–Crippen LogP) is 2.15. The van der Waals surface area contributed by atoms with E-state index in [1.54, 1.807) is 6.92 Å². The van der Waals surface area contributed by atoms with Crippen molar-refractivity contribution in [2.75, 3.05) is 11.9 Å². The maximum Gasteiger partial charge on any atom is 0.246 e. The van der Waals surface area contributed by atoms with E-state index >= 15 is 0 Å². The Balaban J connectivity index is 1.75. The van der Waals surface area contributed by atoms with E-state index in [4.69, 9.17) is 0 Å². The van der Waals surface area contributed by atoms with Crippen LogP contribution in [0.5, 0.6) is 0 Å². The number of hydrogen-bond donors (Lipinski definition) is 3. The van der Waals surface area contributed by atoms with Crippen LogP contribution in [0, 0.1) is 16.7 Å². The maximum absolute atomic E-state index is 13.9. The molecular formula is C27H35N5O4. The molecule has 0 aromatic heterocycles. The zero-order valence-electron chi connectivity index (χ0n) is 21.4. The molecule has 4 atom stereocenters. The molecule has 3 heterocycles. The molecule has 3 aliphatic rings. The monoisotopic (exact) mass is 493 g/mol. The highest BCUT2D eigenvalue weighted by Crippen LogP contribution is 2.47. The van der Waals surface area contributed by atoms with Crippen molar-refractivity contribution in [3.05, 3.63) is 29.3 Å². The Labute approximate surface area is 212 Å². The molecule has 1 saturated heterocycles. The van der Waals surface area contributed by atoms with Crippen LogP contribution in [0.4, 0.5) is 5.69 Å². The molecule has 1 aromatic rings. The first kappa shape index (κ1) is 25.7. The molecule has 0 unspecified atom stereocenters. The Morgan fingerprint density at radius 3 is 2.53 bits per heavy atom. The highest BCUT2D eigenvalue weighted by molar-refractivity contribution is 6.07. The summed E-state index contributed by atoms with van der Waals surface area (Å²) in [6.07, 6.45) is 3.02. The first-order chi connectivity index (χ1) is 16.9. The average molecular weight is 494 g/mol. The summed E-state index contributed by atoms with van der Waals surface area (Å²) in [5.41, 5.74) is 1.26. The fourth-order valence-electron chi connectivity index (χ4n) is 5.53. The van der Waals surface area contributed by atoms with Crippen LogP contribution < -0.4 is 16.0 Å². The third kappa shape index (κ3) is 4.95. The van der Waals surface area contributed by atoms with Crippen molar-refractivity contribution in [2.45, 2.75) is 89.8 Å². The van der Waals surface area contributed by atoms with Gasteiger partial charge in [0.25, 0.3) is 0 Å². The molecule has 0 aliphatic carbocycles. The molecule has 0 saturated carbocycles. The van der Waals surface area contributed by atoms with Gasteiger partial charge in [0, 0.05) is 25.1 Å². The van der Waals surface area contributed by atoms with Gasteiger partial charge in [0.1, 0.15) is 18.1 Å². The number of nitriles is 1. The number of nitrogens with one attached hydrogen (secondary N) is 3. The van der Waals surface area contributed by atoms with E-state index in [2.05, 4.69) is 22.0 Å². The lowest BCUT2D eigenvalue weighted by molar-refractivity contribution is -0.138. The standard InChI is InChI=1S/C27H35N5O4/c1-16-23(34)30-21(13-26(2,3)4)24(35)32-15-27(12-18(32)14-28)19-11-17(7-5-6-8-22(33)29-16)9-10-20(19)31-25(27)36/h9-11,16,18,21H,5-8,12-13,15H2,1-4H3,(H,29,33)(H,30,34)(H,31,36)/t16-,18-,21-,27-/m0/s1. The summed E-state index contributed by atoms with van der Waals surface area (Å²) in [5, 5.41) is 18.5. The molecule has 4 amide bonds. The van der Waals surface area contributed by atoms with Gasteiger partial charge in [-0.05, 0) is 55.2 Å². The average Bonchev–Trinajstić information content (AvgIpc) is 3.32. The van der Waals surface area contributed by atoms with Gasteiger partial charge in [0.15, 0.2) is 0 Å². The number of anilines is 1. The van der Waals surface area contributed by atoms with Crippen molar-refractivity contribution in [3.63, 3.8) is 0 Å². The van der Waals surface area contributed by atoms with Crippen LogP contribution in [0.1, 0.15) is 70.9 Å². The van der Waals surface area contributed by atoms with E-state index in [0.717, 1.165) is 24.0 Å². The van der Waals surface area contributed by atoms with E-state index < -0.39 is 29.4 Å². The number of nitrogens with zero attached hydrogens (tertiary/aromatic N) is 2. The smallest absolute Gasteiger partial charge is 0.246 e. The third-order valence-electron chi connectivity index (χ3n) is 7.39. The van der Waals surface area contributed by atoms with Crippen molar-refractivity contribution in [2.24, 2.45) is 5.41 Å². The molecule has 1 aromatic carbocycles. The second-order valence-corrected chi connectivity index (χ2v) is 11.6. The molecular weight excluding hydrogens is 458 g/mol. The molecule has 9 heteroatoms. The lowest BCUT2D eigenvalue weighted by Gasteiger charge is -2.31. The molecule has 4 bridgehead atoms. The summed E-state index contributed by atoms with van der Waals surface area (Å²) in [6, 6.07) is 5.58. The Morgan fingerprint density at radius 2 is 1.83 bits per heavy atom. The Kier molecular flexibility index (Phi) is 6.82. The van der Waals surface area contributed by atoms with E-state index in [0.29, 0.717) is 24.9 Å². The Morgan fingerprint density at radius 1 is 1.11 bits per heavy atom. The van der Waals surface area contributed by atoms with Gasteiger partial charge in [0.05, 0.1) is 11.5 Å². The molecule has 3 aliphatic heterocycles. The van der Waals surface area contributed by atoms with E-state index in [1.807, 2.05) is 39.0 Å². The summed E-state index contributed by atoms with van der Waals surface area (Å²) < 4.78 is 0. The number of rotatable bonds is 1. The lowest BCUT2D eigenvalue weighted by Crippen LogP contribution is -2.55. The summed E-state index contributed by atoms with van der Waals surface area (Å²) >= 11 is 0. The van der Waals surface area contributed by atoms with Gasteiger partial charge in [-0.3, -0.25) is 19.2 Å². The van der Waals surface area contributed by atoms with Crippen LogP contribution >= 0.6 is 0 Å². The Hall–Kier alpha value is -3.41. The summed E-state index contributed by atoms with van der Waals surface area (Å²) in [4.78, 5) is 54.0. The van der Waals surface area contributed by atoms with Crippen LogP contribution in [-0.2, 0) is 31.0 Å². The van der Waals surface area contributed by atoms with E-state index in [9.17, 15) is 24.4 Å². The molecule has 0 radical (unpaired) electrons. The van der Waals surface area contributed by atoms with Gasteiger partial charge in [-0.2, -0.15) is 5.26 Å². The van der Waals surface area contributed by atoms with E-state index in [1.165, 1.54) is 4.90 Å².